The summed E-state index contributed by atoms with van der Waals surface area (Å²) in [5, 5.41) is 18.7. The van der Waals surface area contributed by atoms with E-state index in [2.05, 4.69) is 0 Å². The largest absolute Gasteiger partial charge is 0.504 e. The Bertz CT molecular complexity index is 939. The van der Waals surface area contributed by atoms with E-state index in [9.17, 15) is 33.0 Å². The third-order valence-electron chi connectivity index (χ3n) is 3.83. The van der Waals surface area contributed by atoms with Crippen molar-refractivity contribution in [3.63, 3.8) is 0 Å². The summed E-state index contributed by atoms with van der Waals surface area (Å²) >= 11 is 0.644. The summed E-state index contributed by atoms with van der Waals surface area (Å²) in [6, 6.07) is 8.37. The predicted molar refractivity (Wildman–Crippen MR) is 92.7 cm³/mol. The van der Waals surface area contributed by atoms with Crippen LogP contribution in [0, 0.1) is 0 Å². The highest BCUT2D eigenvalue weighted by Crippen LogP contribution is 2.37. The number of rotatable bonds is 3. The van der Waals surface area contributed by atoms with Gasteiger partial charge in [0.1, 0.15) is 0 Å². The molecule has 2 aromatic carbocycles. The van der Waals surface area contributed by atoms with Gasteiger partial charge in [0.2, 0.25) is 0 Å². The summed E-state index contributed by atoms with van der Waals surface area (Å²) in [7, 11) is 0. The molecule has 140 valence electrons. The molecule has 3 rings (SSSR count). The average molecular weight is 395 g/mol. The summed E-state index contributed by atoms with van der Waals surface area (Å²) in [4.78, 5) is 25.5. The molecule has 2 aromatic rings. The zero-order chi connectivity index (χ0) is 19.8. The smallest absolute Gasteiger partial charge is 0.416 e. The summed E-state index contributed by atoms with van der Waals surface area (Å²) in [6.07, 6.45) is -3.19. The lowest BCUT2D eigenvalue weighted by Gasteiger charge is -2.13. The van der Waals surface area contributed by atoms with Crippen molar-refractivity contribution in [2.24, 2.45) is 0 Å². The van der Waals surface area contributed by atoms with Crippen LogP contribution in [0.3, 0.4) is 0 Å². The number of imide groups is 1. The number of alkyl halides is 3. The Kier molecular flexibility index (Phi) is 4.88. The Morgan fingerprint density at radius 1 is 1.04 bits per heavy atom. The van der Waals surface area contributed by atoms with Crippen LogP contribution >= 0.6 is 11.8 Å². The number of carbonyl (C=O) groups is 2. The predicted octanol–water partition coefficient (Wildman–Crippen LogP) is 4.35. The first-order chi connectivity index (χ1) is 12.7. The SMILES string of the molecule is O=C1S/C(=C\c2cccc(O)c2O)C(=O)N1Cc1ccc(C(F)(F)F)cc1. The van der Waals surface area contributed by atoms with Crippen molar-refractivity contribution < 1.29 is 33.0 Å². The van der Waals surface area contributed by atoms with Crippen molar-refractivity contribution in [1.29, 1.82) is 0 Å². The van der Waals surface area contributed by atoms with Gasteiger partial charge < -0.3 is 10.2 Å². The lowest BCUT2D eigenvalue weighted by atomic mass is 10.1. The highest BCUT2D eigenvalue weighted by atomic mass is 32.2. The van der Waals surface area contributed by atoms with Crippen LogP contribution in [0.15, 0.2) is 47.4 Å². The lowest BCUT2D eigenvalue weighted by Crippen LogP contribution is -2.27. The maximum Gasteiger partial charge on any atom is 0.416 e. The molecule has 0 radical (unpaired) electrons. The Morgan fingerprint density at radius 3 is 2.33 bits per heavy atom. The Labute approximate surface area is 155 Å². The second-order valence-electron chi connectivity index (χ2n) is 5.68. The highest BCUT2D eigenvalue weighted by molar-refractivity contribution is 8.18. The zero-order valence-electron chi connectivity index (χ0n) is 13.5. The second kappa shape index (κ2) is 6.99. The van der Waals surface area contributed by atoms with E-state index in [1.54, 1.807) is 0 Å². The van der Waals surface area contributed by atoms with Crippen LogP contribution in [0.2, 0.25) is 0 Å². The minimum Gasteiger partial charge on any atom is -0.504 e. The fraction of sp³-hybridized carbons (Fsp3) is 0.111. The van der Waals surface area contributed by atoms with E-state index in [1.807, 2.05) is 0 Å². The maximum absolute atomic E-state index is 12.6. The topological polar surface area (TPSA) is 77.8 Å². The molecule has 0 atom stereocenters. The number of hydrogen-bond acceptors (Lipinski definition) is 5. The van der Waals surface area contributed by atoms with E-state index < -0.39 is 28.6 Å². The van der Waals surface area contributed by atoms with Crippen LogP contribution < -0.4 is 0 Å². The summed E-state index contributed by atoms with van der Waals surface area (Å²) in [5.41, 5.74) is -0.290. The number of para-hydroxylation sites is 1. The molecule has 0 unspecified atom stereocenters. The number of halogens is 3. The molecule has 27 heavy (non-hydrogen) atoms. The van der Waals surface area contributed by atoms with Crippen LogP contribution in [0.5, 0.6) is 11.5 Å². The van der Waals surface area contributed by atoms with Gasteiger partial charge in [0.25, 0.3) is 11.1 Å². The van der Waals surface area contributed by atoms with Crippen molar-refractivity contribution in [3.8, 4) is 11.5 Å². The molecular weight excluding hydrogens is 383 g/mol. The molecule has 0 spiro atoms. The van der Waals surface area contributed by atoms with E-state index in [1.165, 1.54) is 36.4 Å². The first kappa shape index (κ1) is 18.8. The molecule has 0 aliphatic carbocycles. The van der Waals surface area contributed by atoms with Crippen LogP contribution in [-0.4, -0.2) is 26.3 Å². The van der Waals surface area contributed by atoms with Gasteiger partial charge in [0.05, 0.1) is 17.0 Å². The fourth-order valence-electron chi connectivity index (χ4n) is 2.42. The maximum atomic E-state index is 12.6. The number of phenols is 2. The molecule has 1 fully saturated rings. The third-order valence-corrected chi connectivity index (χ3v) is 4.74. The van der Waals surface area contributed by atoms with Gasteiger partial charge in [-0.05, 0) is 41.6 Å². The molecule has 0 bridgehead atoms. The van der Waals surface area contributed by atoms with Gasteiger partial charge in [-0.2, -0.15) is 13.2 Å². The monoisotopic (exact) mass is 395 g/mol. The van der Waals surface area contributed by atoms with Gasteiger partial charge in [-0.1, -0.05) is 24.3 Å². The molecule has 2 N–H and O–H groups in total. The molecule has 9 heteroatoms. The fourth-order valence-corrected chi connectivity index (χ4v) is 3.25. The molecule has 0 saturated carbocycles. The number of nitrogens with zero attached hydrogens (tertiary/aromatic N) is 1. The van der Waals surface area contributed by atoms with E-state index >= 15 is 0 Å². The molecule has 1 heterocycles. The Balaban J connectivity index is 1.80. The van der Waals surface area contributed by atoms with Crippen LogP contribution in [0.1, 0.15) is 16.7 Å². The van der Waals surface area contributed by atoms with Gasteiger partial charge in [0, 0.05) is 5.56 Å². The summed E-state index contributed by atoms with van der Waals surface area (Å²) < 4.78 is 37.8. The highest BCUT2D eigenvalue weighted by Gasteiger charge is 2.35. The first-order valence-corrected chi connectivity index (χ1v) is 8.41. The first-order valence-electron chi connectivity index (χ1n) is 7.59. The number of phenolic OH excluding ortho intramolecular Hbond substituents is 2. The van der Waals surface area contributed by atoms with E-state index in [4.69, 9.17) is 0 Å². The molecule has 0 aromatic heterocycles. The van der Waals surface area contributed by atoms with Gasteiger partial charge in [-0.25, -0.2) is 0 Å². The van der Waals surface area contributed by atoms with Gasteiger partial charge >= 0.3 is 6.18 Å². The van der Waals surface area contributed by atoms with E-state index in [0.717, 1.165) is 17.0 Å². The van der Waals surface area contributed by atoms with Crippen LogP contribution in [-0.2, 0) is 17.5 Å². The molecule has 1 saturated heterocycles. The minimum absolute atomic E-state index is 0.0350. The summed E-state index contributed by atoms with van der Waals surface area (Å²) in [5.74, 6) is -1.42. The molecular formula is C18H12F3NO4S. The molecule has 5 nitrogen and oxygen atoms in total. The van der Waals surface area contributed by atoms with Crippen molar-refractivity contribution in [2.75, 3.05) is 0 Å². The number of thioether (sulfide) groups is 1. The lowest BCUT2D eigenvalue weighted by molar-refractivity contribution is -0.137. The number of amides is 2. The van der Waals surface area contributed by atoms with E-state index in [-0.39, 0.29) is 22.8 Å². The third kappa shape index (κ3) is 3.92. The molecule has 2 amide bonds. The molecule has 1 aliphatic rings. The number of benzene rings is 2. The van der Waals surface area contributed by atoms with Gasteiger partial charge in [-0.15, -0.1) is 0 Å². The standard InChI is InChI=1S/C18H12F3NO4S/c19-18(20,21)12-6-4-10(5-7-12)9-22-16(25)14(27-17(22)26)8-11-2-1-3-13(23)15(11)24/h1-8,23-24H,9H2/b14-8-. The van der Waals surface area contributed by atoms with Crippen molar-refractivity contribution >= 4 is 29.0 Å². The second-order valence-corrected chi connectivity index (χ2v) is 6.67. The minimum atomic E-state index is -4.47. The normalized spacial score (nSPS) is 16.4. The Hall–Kier alpha value is -2.94. The van der Waals surface area contributed by atoms with Gasteiger partial charge in [-0.3, -0.25) is 14.5 Å². The summed E-state index contributed by atoms with van der Waals surface area (Å²) in [6.45, 7) is -0.174. The van der Waals surface area contributed by atoms with E-state index in [0.29, 0.717) is 17.3 Å². The van der Waals surface area contributed by atoms with Crippen LogP contribution in [0.4, 0.5) is 18.0 Å². The average Bonchev–Trinajstić information content (AvgIpc) is 2.86. The van der Waals surface area contributed by atoms with Crippen molar-refractivity contribution in [1.82, 2.24) is 4.90 Å². The number of hydrogen-bond donors (Lipinski definition) is 2. The Morgan fingerprint density at radius 2 is 1.70 bits per heavy atom. The van der Waals surface area contributed by atoms with Gasteiger partial charge in [0.15, 0.2) is 11.5 Å². The number of carbonyl (C=O) groups excluding carboxylic acids is 2. The zero-order valence-corrected chi connectivity index (χ0v) is 14.3. The van der Waals surface area contributed by atoms with Crippen LogP contribution in [0.25, 0.3) is 6.08 Å². The number of aromatic hydroxyl groups is 2. The van der Waals surface area contributed by atoms with Crippen molar-refractivity contribution in [3.05, 3.63) is 64.1 Å². The molecule has 1 aliphatic heterocycles. The van der Waals surface area contributed by atoms with Crippen molar-refractivity contribution in [2.45, 2.75) is 12.7 Å². The quantitative estimate of drug-likeness (QED) is 0.597.